The Morgan fingerprint density at radius 1 is 0.381 bits per heavy atom. The van der Waals surface area contributed by atoms with E-state index in [-0.39, 0.29) is 23.9 Å². The summed E-state index contributed by atoms with van der Waals surface area (Å²) in [6.45, 7) is 4.05. The molecule has 2 aromatic heterocycles. The summed E-state index contributed by atoms with van der Waals surface area (Å²) >= 11 is 0. The number of aromatic nitrogens is 2. The molecule has 0 saturated heterocycles. The van der Waals surface area contributed by atoms with E-state index in [1.165, 1.54) is 0 Å². The van der Waals surface area contributed by atoms with Crippen molar-refractivity contribution in [2.75, 3.05) is 0 Å². The van der Waals surface area contributed by atoms with E-state index in [9.17, 15) is 0 Å². The molecule has 5 heteroatoms. The van der Waals surface area contributed by atoms with Crippen molar-refractivity contribution in [3.63, 3.8) is 0 Å². The van der Waals surface area contributed by atoms with Crippen molar-refractivity contribution >= 4 is 11.4 Å². The molecule has 4 nitrogen and oxygen atoms in total. The van der Waals surface area contributed by atoms with E-state index in [1.54, 1.807) is 0 Å². The molecule has 0 bridgehead atoms. The van der Waals surface area contributed by atoms with E-state index >= 15 is 0 Å². The van der Waals surface area contributed by atoms with Crippen molar-refractivity contribution in [3.8, 4) is 45.0 Å². The SMILES string of the molecule is CC(=N\n1c(-c2ccccc2)ccc1-c1ccccc1)/C(C)=N/n1c(-c2ccccc2)ccc1-c1ccccc1.[CH3-].[Ni+2]. The Bertz CT molecular complexity index is 1530. The van der Waals surface area contributed by atoms with Gasteiger partial charge in [-0.15, -0.1) is 0 Å². The Morgan fingerprint density at radius 2 is 0.595 bits per heavy atom. The van der Waals surface area contributed by atoms with E-state index in [2.05, 4.69) is 121 Å². The summed E-state index contributed by atoms with van der Waals surface area (Å²) in [5.41, 5.74) is 10.2. The monoisotopic (exact) mass is 591 g/mol. The summed E-state index contributed by atoms with van der Waals surface area (Å²) in [5.74, 6) is 0. The maximum atomic E-state index is 5.15. The third-order valence-corrected chi connectivity index (χ3v) is 7.01. The molecule has 0 aliphatic rings. The van der Waals surface area contributed by atoms with Crippen molar-refractivity contribution in [2.24, 2.45) is 10.2 Å². The van der Waals surface area contributed by atoms with E-state index in [0.717, 1.165) is 56.5 Å². The second-order valence-corrected chi connectivity index (χ2v) is 9.67. The number of hydrogen-bond donors (Lipinski definition) is 0. The van der Waals surface area contributed by atoms with Crippen LogP contribution in [0.1, 0.15) is 13.8 Å². The molecule has 210 valence electrons. The first-order chi connectivity index (χ1) is 19.7. The maximum absolute atomic E-state index is 5.15. The minimum atomic E-state index is 0. The zero-order valence-electron chi connectivity index (χ0n) is 24.0. The van der Waals surface area contributed by atoms with Gasteiger partial charge in [-0.3, -0.25) is 0 Å². The molecule has 0 fully saturated rings. The fraction of sp³-hybridized carbons (Fsp3) is 0.0541. The molecule has 0 radical (unpaired) electrons. The average molecular weight is 592 g/mol. The van der Waals surface area contributed by atoms with Gasteiger partial charge < -0.3 is 7.43 Å². The average Bonchev–Trinajstić information content (AvgIpc) is 3.63. The Morgan fingerprint density at radius 3 is 0.810 bits per heavy atom. The van der Waals surface area contributed by atoms with Gasteiger partial charge in [-0.05, 0) is 38.1 Å². The maximum Gasteiger partial charge on any atom is 2.00 e. The molecule has 0 N–H and O–H groups in total. The number of nitrogens with zero attached hydrogens (tertiary/aromatic N) is 4. The molecule has 6 rings (SSSR count). The van der Waals surface area contributed by atoms with Crippen molar-refractivity contribution < 1.29 is 16.5 Å². The Hall–Kier alpha value is -4.73. The van der Waals surface area contributed by atoms with Gasteiger partial charge in [0.25, 0.3) is 0 Å². The summed E-state index contributed by atoms with van der Waals surface area (Å²) in [5, 5.41) is 10.3. The van der Waals surface area contributed by atoms with Gasteiger partial charge in [-0.1, -0.05) is 121 Å². The second-order valence-electron chi connectivity index (χ2n) is 9.67. The summed E-state index contributed by atoms with van der Waals surface area (Å²) in [7, 11) is 0. The molecule has 0 saturated carbocycles. The first-order valence-corrected chi connectivity index (χ1v) is 13.5. The van der Waals surface area contributed by atoms with Crippen LogP contribution in [0.25, 0.3) is 45.0 Å². The van der Waals surface area contributed by atoms with Crippen LogP contribution in [-0.4, -0.2) is 20.8 Å². The molecule has 0 unspecified atom stereocenters. The van der Waals surface area contributed by atoms with E-state index in [4.69, 9.17) is 10.2 Å². The fourth-order valence-electron chi connectivity index (χ4n) is 4.83. The van der Waals surface area contributed by atoms with Gasteiger partial charge in [-0.2, -0.15) is 10.2 Å². The first kappa shape index (κ1) is 30.2. The van der Waals surface area contributed by atoms with Crippen LogP contribution in [-0.2, 0) is 16.5 Å². The molecule has 0 spiro atoms. The van der Waals surface area contributed by atoms with E-state index < -0.39 is 0 Å². The van der Waals surface area contributed by atoms with Crippen molar-refractivity contribution in [1.29, 1.82) is 0 Å². The van der Waals surface area contributed by atoms with Crippen LogP contribution in [0, 0.1) is 7.43 Å². The predicted molar refractivity (Wildman–Crippen MR) is 174 cm³/mol. The summed E-state index contributed by atoms with van der Waals surface area (Å²) in [4.78, 5) is 0. The van der Waals surface area contributed by atoms with Crippen molar-refractivity contribution in [3.05, 3.63) is 153 Å². The molecule has 0 atom stereocenters. The summed E-state index contributed by atoms with van der Waals surface area (Å²) in [6.07, 6.45) is 0. The molecule has 0 amide bonds. The van der Waals surface area contributed by atoms with Crippen molar-refractivity contribution in [1.82, 2.24) is 9.35 Å². The van der Waals surface area contributed by atoms with Gasteiger partial charge in [0.15, 0.2) is 0 Å². The van der Waals surface area contributed by atoms with Crippen LogP contribution >= 0.6 is 0 Å². The van der Waals surface area contributed by atoms with Gasteiger partial charge in [0.05, 0.1) is 34.2 Å². The van der Waals surface area contributed by atoms with Crippen LogP contribution in [0.3, 0.4) is 0 Å². The minimum absolute atomic E-state index is 0. The molecule has 4 aromatic carbocycles. The van der Waals surface area contributed by atoms with E-state index in [0.29, 0.717) is 0 Å². The van der Waals surface area contributed by atoms with Crippen LogP contribution < -0.4 is 0 Å². The van der Waals surface area contributed by atoms with Crippen LogP contribution in [0.5, 0.6) is 0 Å². The number of rotatable bonds is 7. The third kappa shape index (κ3) is 6.27. The van der Waals surface area contributed by atoms with Gasteiger partial charge in [0.1, 0.15) is 0 Å². The zero-order chi connectivity index (χ0) is 27.3. The number of benzene rings is 4. The molecular formula is C37H33N4Ni+. The topological polar surface area (TPSA) is 34.6 Å². The molecule has 42 heavy (non-hydrogen) atoms. The number of hydrogen-bond acceptors (Lipinski definition) is 2. The molecule has 0 aliphatic carbocycles. The van der Waals surface area contributed by atoms with Gasteiger partial charge in [0.2, 0.25) is 0 Å². The Labute approximate surface area is 258 Å². The van der Waals surface area contributed by atoms with Gasteiger partial charge >= 0.3 is 16.5 Å². The van der Waals surface area contributed by atoms with Gasteiger partial charge in [0, 0.05) is 22.3 Å². The Kier molecular flexibility index (Phi) is 9.91. The quantitative estimate of drug-likeness (QED) is 0.101. The zero-order valence-corrected chi connectivity index (χ0v) is 24.9. The minimum Gasteiger partial charge on any atom is -0.358 e. The third-order valence-electron chi connectivity index (χ3n) is 7.01. The van der Waals surface area contributed by atoms with Crippen molar-refractivity contribution in [2.45, 2.75) is 13.8 Å². The fourth-order valence-corrected chi connectivity index (χ4v) is 4.83. The summed E-state index contributed by atoms with van der Waals surface area (Å²) < 4.78 is 4.07. The van der Waals surface area contributed by atoms with Gasteiger partial charge in [-0.25, -0.2) is 9.35 Å². The van der Waals surface area contributed by atoms with Crippen LogP contribution in [0.4, 0.5) is 0 Å². The van der Waals surface area contributed by atoms with E-state index in [1.807, 2.05) is 47.5 Å². The van der Waals surface area contributed by atoms with Crippen LogP contribution in [0.15, 0.2) is 156 Å². The first-order valence-electron chi connectivity index (χ1n) is 13.5. The molecule has 2 heterocycles. The standard InChI is InChI=1S/C36H30N4.CH3.Ni/c1-27(37-39-33(29-15-7-3-8-16-29)23-24-34(39)30-17-9-4-10-18-30)28(2)38-40-35(31-19-11-5-12-20-31)25-26-36(40)32-21-13-6-14-22-32;;/h3-26H,1-2H3;1H3;/q;-1;+2/b37-27+,38-28+;;. The molecular weight excluding hydrogens is 559 g/mol. The normalized spacial score (nSPS) is 11.5. The largest absolute Gasteiger partial charge is 2.00 e. The Balaban J connectivity index is 0.00000202. The predicted octanol–water partition coefficient (Wildman–Crippen LogP) is 9.55. The summed E-state index contributed by atoms with van der Waals surface area (Å²) in [6, 6.07) is 50.0. The molecule has 0 aliphatic heterocycles. The smallest absolute Gasteiger partial charge is 0.358 e. The molecule has 6 aromatic rings. The second kappa shape index (κ2) is 13.8. The van der Waals surface area contributed by atoms with Crippen LogP contribution in [0.2, 0.25) is 0 Å².